The van der Waals surface area contributed by atoms with Gasteiger partial charge in [0.05, 0.1) is 18.6 Å². The Kier molecular flexibility index (Phi) is 5.94. The molecule has 3 fully saturated rings. The fourth-order valence-corrected chi connectivity index (χ4v) is 4.88. The number of carbonyl (C=O) groups excluding carboxylic acids is 2. The predicted molar refractivity (Wildman–Crippen MR) is 108 cm³/mol. The lowest BCUT2D eigenvalue weighted by Crippen LogP contribution is -2.45. The van der Waals surface area contributed by atoms with Crippen LogP contribution in [0.2, 0.25) is 0 Å². The maximum Gasteiger partial charge on any atom is 0.312 e. The zero-order valence-electron chi connectivity index (χ0n) is 16.4. The SMILES string of the molecule is CSc1ccc(C(=O)N2CCC3(CC2)CC(CN2CCOCC2)OC3=O)cc1. The summed E-state index contributed by atoms with van der Waals surface area (Å²) in [6.07, 6.45) is 4.15. The van der Waals surface area contributed by atoms with Crippen LogP contribution < -0.4 is 0 Å². The molecule has 0 saturated carbocycles. The number of ether oxygens (including phenoxy) is 2. The average Bonchev–Trinajstić information content (AvgIpc) is 3.03. The number of morpholine rings is 1. The first-order chi connectivity index (χ1) is 13.6. The number of piperidine rings is 1. The summed E-state index contributed by atoms with van der Waals surface area (Å²) in [5.41, 5.74) is 0.309. The molecule has 7 heteroatoms. The Morgan fingerprint density at radius 3 is 2.46 bits per heavy atom. The van der Waals surface area contributed by atoms with E-state index in [2.05, 4.69) is 4.90 Å². The molecule has 3 aliphatic rings. The predicted octanol–water partition coefficient (Wildman–Crippen LogP) is 2.28. The molecule has 3 heterocycles. The fraction of sp³-hybridized carbons (Fsp3) is 0.619. The maximum absolute atomic E-state index is 12.8. The quantitative estimate of drug-likeness (QED) is 0.567. The molecule has 4 rings (SSSR count). The van der Waals surface area contributed by atoms with Crippen LogP contribution in [-0.2, 0) is 14.3 Å². The van der Waals surface area contributed by atoms with E-state index in [0.29, 0.717) is 31.5 Å². The van der Waals surface area contributed by atoms with Crippen molar-refractivity contribution in [2.45, 2.75) is 30.3 Å². The molecule has 6 nitrogen and oxygen atoms in total. The zero-order chi connectivity index (χ0) is 19.6. The van der Waals surface area contributed by atoms with Gasteiger partial charge in [-0.3, -0.25) is 14.5 Å². The molecule has 152 valence electrons. The van der Waals surface area contributed by atoms with Crippen LogP contribution in [0.15, 0.2) is 29.2 Å². The summed E-state index contributed by atoms with van der Waals surface area (Å²) in [7, 11) is 0. The van der Waals surface area contributed by atoms with E-state index in [1.54, 1.807) is 11.8 Å². The first-order valence-corrected chi connectivity index (χ1v) is 11.3. The second-order valence-corrected chi connectivity index (χ2v) is 8.83. The molecule has 3 aliphatic heterocycles. The van der Waals surface area contributed by atoms with Gasteiger partial charge < -0.3 is 14.4 Å². The van der Waals surface area contributed by atoms with Crippen molar-refractivity contribution in [1.29, 1.82) is 0 Å². The molecule has 0 radical (unpaired) electrons. The Morgan fingerprint density at radius 2 is 1.82 bits per heavy atom. The Hall–Kier alpha value is -1.57. The minimum absolute atomic E-state index is 0.0352. The Morgan fingerprint density at radius 1 is 1.14 bits per heavy atom. The molecule has 1 aromatic rings. The molecule has 1 aromatic carbocycles. The van der Waals surface area contributed by atoms with Crippen molar-refractivity contribution >= 4 is 23.6 Å². The van der Waals surface area contributed by atoms with Gasteiger partial charge in [-0.15, -0.1) is 11.8 Å². The van der Waals surface area contributed by atoms with E-state index >= 15 is 0 Å². The molecule has 1 spiro atoms. The van der Waals surface area contributed by atoms with Gasteiger partial charge in [0.25, 0.3) is 5.91 Å². The third-order valence-corrected chi connectivity index (χ3v) is 6.98. The zero-order valence-corrected chi connectivity index (χ0v) is 17.2. The Bertz CT molecular complexity index is 710. The van der Waals surface area contributed by atoms with E-state index in [9.17, 15) is 9.59 Å². The number of esters is 1. The molecule has 0 N–H and O–H groups in total. The topological polar surface area (TPSA) is 59.1 Å². The van der Waals surface area contributed by atoms with E-state index in [-0.39, 0.29) is 18.0 Å². The molecule has 0 aromatic heterocycles. The van der Waals surface area contributed by atoms with Gasteiger partial charge in [-0.1, -0.05) is 0 Å². The summed E-state index contributed by atoms with van der Waals surface area (Å²) >= 11 is 1.66. The van der Waals surface area contributed by atoms with Gasteiger partial charge >= 0.3 is 5.97 Å². The van der Waals surface area contributed by atoms with Crippen molar-refractivity contribution in [2.24, 2.45) is 5.41 Å². The van der Waals surface area contributed by atoms with Gasteiger partial charge in [-0.25, -0.2) is 0 Å². The first-order valence-electron chi connectivity index (χ1n) is 10.0. The summed E-state index contributed by atoms with van der Waals surface area (Å²) < 4.78 is 11.1. The number of nitrogens with zero attached hydrogens (tertiary/aromatic N) is 2. The maximum atomic E-state index is 12.8. The fourth-order valence-electron chi connectivity index (χ4n) is 4.47. The van der Waals surface area contributed by atoms with E-state index < -0.39 is 5.41 Å². The average molecular weight is 405 g/mol. The largest absolute Gasteiger partial charge is 0.461 e. The summed E-state index contributed by atoms with van der Waals surface area (Å²) in [6.45, 7) is 5.32. The van der Waals surface area contributed by atoms with Crippen molar-refractivity contribution in [3.8, 4) is 0 Å². The monoisotopic (exact) mass is 404 g/mol. The highest BCUT2D eigenvalue weighted by atomic mass is 32.2. The van der Waals surface area contributed by atoms with Crippen LogP contribution >= 0.6 is 11.8 Å². The standard InChI is InChI=1S/C21H28N2O4S/c1-28-18-4-2-16(3-5-18)19(24)23-8-6-21(7-9-23)14-17(27-20(21)25)15-22-10-12-26-13-11-22/h2-5,17H,6-15H2,1H3. The summed E-state index contributed by atoms with van der Waals surface area (Å²) in [4.78, 5) is 30.8. The third kappa shape index (κ3) is 4.07. The third-order valence-electron chi connectivity index (χ3n) is 6.24. The highest BCUT2D eigenvalue weighted by molar-refractivity contribution is 7.98. The molecule has 28 heavy (non-hydrogen) atoms. The number of benzene rings is 1. The van der Waals surface area contributed by atoms with Crippen LogP contribution in [0.5, 0.6) is 0 Å². The highest BCUT2D eigenvalue weighted by Crippen LogP contribution is 2.43. The highest BCUT2D eigenvalue weighted by Gasteiger charge is 2.51. The number of amides is 1. The Labute approximate surface area is 170 Å². The second kappa shape index (κ2) is 8.43. The minimum atomic E-state index is -0.406. The minimum Gasteiger partial charge on any atom is -0.461 e. The van der Waals surface area contributed by atoms with Crippen molar-refractivity contribution in [3.63, 3.8) is 0 Å². The normalized spacial score (nSPS) is 25.1. The van der Waals surface area contributed by atoms with Crippen LogP contribution in [0.4, 0.5) is 0 Å². The van der Waals surface area contributed by atoms with Crippen LogP contribution in [0.1, 0.15) is 29.6 Å². The lowest BCUT2D eigenvalue weighted by Gasteiger charge is -2.36. The van der Waals surface area contributed by atoms with Gasteiger partial charge in [0.1, 0.15) is 6.10 Å². The summed E-state index contributed by atoms with van der Waals surface area (Å²) in [5.74, 6) is -0.0130. The van der Waals surface area contributed by atoms with E-state index in [4.69, 9.17) is 9.47 Å². The van der Waals surface area contributed by atoms with Crippen LogP contribution in [0.3, 0.4) is 0 Å². The number of cyclic esters (lactones) is 1. The number of hydrogen-bond acceptors (Lipinski definition) is 6. The van der Waals surface area contributed by atoms with Crippen LogP contribution in [-0.4, -0.2) is 80.0 Å². The lowest BCUT2D eigenvalue weighted by atomic mass is 9.76. The van der Waals surface area contributed by atoms with E-state index in [0.717, 1.165) is 44.2 Å². The van der Waals surface area contributed by atoms with Crippen molar-refractivity contribution < 1.29 is 19.1 Å². The van der Waals surface area contributed by atoms with E-state index in [1.165, 1.54) is 0 Å². The van der Waals surface area contributed by atoms with Gasteiger partial charge in [-0.05, 0) is 43.4 Å². The molecule has 0 bridgehead atoms. The van der Waals surface area contributed by atoms with Crippen LogP contribution in [0, 0.1) is 5.41 Å². The van der Waals surface area contributed by atoms with Gasteiger partial charge in [0.2, 0.25) is 0 Å². The molecular weight excluding hydrogens is 376 g/mol. The lowest BCUT2D eigenvalue weighted by molar-refractivity contribution is -0.151. The summed E-state index contributed by atoms with van der Waals surface area (Å²) in [6, 6.07) is 7.74. The van der Waals surface area contributed by atoms with Gasteiger partial charge in [-0.2, -0.15) is 0 Å². The molecule has 0 aliphatic carbocycles. The number of hydrogen-bond donors (Lipinski definition) is 0. The number of carbonyl (C=O) groups is 2. The Balaban J connectivity index is 1.33. The number of likely N-dealkylation sites (tertiary alicyclic amines) is 1. The molecule has 1 atom stereocenters. The van der Waals surface area contributed by atoms with Crippen molar-refractivity contribution in [3.05, 3.63) is 29.8 Å². The smallest absolute Gasteiger partial charge is 0.312 e. The first kappa shape index (κ1) is 19.7. The van der Waals surface area contributed by atoms with Gasteiger partial charge in [0, 0.05) is 49.6 Å². The molecule has 3 saturated heterocycles. The van der Waals surface area contributed by atoms with Crippen LogP contribution in [0.25, 0.3) is 0 Å². The molecular formula is C21H28N2O4S. The van der Waals surface area contributed by atoms with Gasteiger partial charge in [0.15, 0.2) is 0 Å². The van der Waals surface area contributed by atoms with Crippen molar-refractivity contribution in [2.75, 3.05) is 52.2 Å². The second-order valence-electron chi connectivity index (χ2n) is 7.95. The number of thioether (sulfide) groups is 1. The molecule has 1 amide bonds. The molecule has 1 unspecified atom stereocenters. The van der Waals surface area contributed by atoms with E-state index in [1.807, 2.05) is 35.4 Å². The summed E-state index contributed by atoms with van der Waals surface area (Å²) in [5, 5.41) is 0. The number of rotatable bonds is 4. The van der Waals surface area contributed by atoms with Crippen molar-refractivity contribution in [1.82, 2.24) is 9.80 Å².